The smallest absolute Gasteiger partial charge is 0.321 e. The van der Waals surface area contributed by atoms with E-state index >= 15 is 0 Å². The van der Waals surface area contributed by atoms with Crippen LogP contribution in [-0.4, -0.2) is 51.2 Å². The predicted molar refractivity (Wildman–Crippen MR) is 82.6 cm³/mol. The van der Waals surface area contributed by atoms with Gasteiger partial charge in [-0.1, -0.05) is 0 Å². The Morgan fingerprint density at radius 3 is 2.77 bits per heavy atom. The molecule has 8 heteroatoms. The summed E-state index contributed by atoms with van der Waals surface area (Å²) in [4.78, 5) is 29.4. The van der Waals surface area contributed by atoms with Crippen molar-refractivity contribution in [1.29, 1.82) is 0 Å². The molecule has 3 amide bonds. The number of aromatic nitrogens is 3. The zero-order valence-corrected chi connectivity index (χ0v) is 13.4. The Bertz CT molecular complexity index is 539. The molecule has 0 spiro atoms. The number of likely N-dealkylation sites (tertiary alicyclic amines) is 1. The molecule has 122 valence electrons. The number of anilines is 1. The van der Waals surface area contributed by atoms with Gasteiger partial charge in [0.2, 0.25) is 11.9 Å². The molecule has 0 bridgehead atoms. The molecule has 0 aromatic carbocycles. The maximum absolute atomic E-state index is 11.8. The number of rotatable bonds is 5. The lowest BCUT2D eigenvalue weighted by atomic mass is 10.1. The highest BCUT2D eigenvalue weighted by Gasteiger charge is 2.17. The SMILES string of the molecule is Cc1nc(NC(=O)NCCN2CCCCC2=O)nn1C(C)C. The van der Waals surface area contributed by atoms with Crippen LogP contribution in [0.25, 0.3) is 0 Å². The fourth-order valence-electron chi connectivity index (χ4n) is 2.49. The molecule has 0 saturated carbocycles. The number of carbonyl (C=O) groups is 2. The van der Waals surface area contributed by atoms with Gasteiger partial charge in [-0.3, -0.25) is 10.1 Å². The molecule has 0 aliphatic carbocycles. The van der Waals surface area contributed by atoms with E-state index in [1.54, 1.807) is 9.58 Å². The molecule has 22 heavy (non-hydrogen) atoms. The first kappa shape index (κ1) is 16.3. The van der Waals surface area contributed by atoms with E-state index in [0.29, 0.717) is 19.5 Å². The van der Waals surface area contributed by atoms with Crippen LogP contribution in [0, 0.1) is 6.92 Å². The number of carbonyl (C=O) groups excluding carboxylic acids is 2. The van der Waals surface area contributed by atoms with E-state index in [1.807, 2.05) is 20.8 Å². The van der Waals surface area contributed by atoms with Crippen molar-refractivity contribution in [3.63, 3.8) is 0 Å². The van der Waals surface area contributed by atoms with Gasteiger partial charge < -0.3 is 10.2 Å². The fraction of sp³-hybridized carbons (Fsp3) is 0.714. The third-order valence-electron chi connectivity index (χ3n) is 3.60. The summed E-state index contributed by atoms with van der Waals surface area (Å²) in [7, 11) is 0. The van der Waals surface area contributed by atoms with Gasteiger partial charge in [0.15, 0.2) is 0 Å². The van der Waals surface area contributed by atoms with E-state index in [0.717, 1.165) is 25.2 Å². The molecular formula is C14H24N6O2. The first-order valence-electron chi connectivity index (χ1n) is 7.73. The number of piperidine rings is 1. The molecule has 0 atom stereocenters. The molecule has 1 aromatic heterocycles. The molecular weight excluding hydrogens is 284 g/mol. The van der Waals surface area contributed by atoms with E-state index in [2.05, 4.69) is 20.7 Å². The first-order valence-corrected chi connectivity index (χ1v) is 7.73. The average molecular weight is 308 g/mol. The number of nitrogens with zero attached hydrogens (tertiary/aromatic N) is 4. The molecule has 2 N–H and O–H groups in total. The normalized spacial score (nSPS) is 15.3. The Morgan fingerprint density at radius 1 is 1.36 bits per heavy atom. The zero-order chi connectivity index (χ0) is 16.1. The van der Waals surface area contributed by atoms with Crippen molar-refractivity contribution in [2.45, 2.75) is 46.1 Å². The van der Waals surface area contributed by atoms with Crippen LogP contribution < -0.4 is 10.6 Å². The Hall–Kier alpha value is -2.12. The second-order valence-electron chi connectivity index (χ2n) is 5.74. The lowest BCUT2D eigenvalue weighted by Crippen LogP contribution is -2.42. The Kier molecular flexibility index (Phi) is 5.35. The van der Waals surface area contributed by atoms with Crippen LogP contribution in [0.1, 0.15) is 45.0 Å². The van der Waals surface area contributed by atoms with Crippen molar-refractivity contribution in [2.24, 2.45) is 0 Å². The molecule has 2 heterocycles. The van der Waals surface area contributed by atoms with Crippen molar-refractivity contribution in [1.82, 2.24) is 25.0 Å². The van der Waals surface area contributed by atoms with Crippen molar-refractivity contribution >= 4 is 17.9 Å². The van der Waals surface area contributed by atoms with Gasteiger partial charge in [0, 0.05) is 32.1 Å². The van der Waals surface area contributed by atoms with Gasteiger partial charge >= 0.3 is 6.03 Å². The first-order chi connectivity index (χ1) is 10.5. The highest BCUT2D eigenvalue weighted by atomic mass is 16.2. The molecule has 0 unspecified atom stereocenters. The monoisotopic (exact) mass is 308 g/mol. The van der Waals surface area contributed by atoms with Gasteiger partial charge in [0.25, 0.3) is 0 Å². The topological polar surface area (TPSA) is 92.2 Å². The fourth-order valence-corrected chi connectivity index (χ4v) is 2.49. The molecule has 1 saturated heterocycles. The van der Waals surface area contributed by atoms with E-state index in [1.165, 1.54) is 0 Å². The van der Waals surface area contributed by atoms with Crippen LogP contribution in [0.5, 0.6) is 0 Å². The summed E-state index contributed by atoms with van der Waals surface area (Å²) < 4.78 is 1.75. The minimum Gasteiger partial charge on any atom is -0.341 e. The van der Waals surface area contributed by atoms with Crippen molar-refractivity contribution in [3.05, 3.63) is 5.82 Å². The number of hydrogen-bond donors (Lipinski definition) is 2. The quantitative estimate of drug-likeness (QED) is 0.857. The van der Waals surface area contributed by atoms with Crippen LogP contribution in [0.4, 0.5) is 10.7 Å². The lowest BCUT2D eigenvalue weighted by molar-refractivity contribution is -0.133. The van der Waals surface area contributed by atoms with E-state index in [9.17, 15) is 9.59 Å². The Balaban J connectivity index is 1.76. The van der Waals surface area contributed by atoms with Gasteiger partial charge in [-0.15, -0.1) is 5.10 Å². The number of hydrogen-bond acceptors (Lipinski definition) is 4. The molecule has 2 rings (SSSR count). The van der Waals surface area contributed by atoms with Gasteiger partial charge in [-0.25, -0.2) is 9.48 Å². The number of amides is 3. The summed E-state index contributed by atoms with van der Waals surface area (Å²) in [6.07, 6.45) is 2.61. The second kappa shape index (κ2) is 7.24. The largest absolute Gasteiger partial charge is 0.341 e. The lowest BCUT2D eigenvalue weighted by Gasteiger charge is -2.26. The highest BCUT2D eigenvalue weighted by molar-refractivity contribution is 5.87. The van der Waals surface area contributed by atoms with E-state index < -0.39 is 0 Å². The number of nitrogens with one attached hydrogen (secondary N) is 2. The van der Waals surface area contributed by atoms with E-state index in [-0.39, 0.29) is 23.9 Å². The molecule has 8 nitrogen and oxygen atoms in total. The van der Waals surface area contributed by atoms with Crippen LogP contribution in [0.3, 0.4) is 0 Å². The van der Waals surface area contributed by atoms with Crippen LogP contribution in [-0.2, 0) is 4.79 Å². The zero-order valence-electron chi connectivity index (χ0n) is 13.4. The van der Waals surface area contributed by atoms with E-state index in [4.69, 9.17) is 0 Å². The molecule has 1 aliphatic rings. The van der Waals surface area contributed by atoms with Crippen LogP contribution in [0.15, 0.2) is 0 Å². The summed E-state index contributed by atoms with van der Waals surface area (Å²) in [5.74, 6) is 1.21. The van der Waals surface area contributed by atoms with Crippen LogP contribution >= 0.6 is 0 Å². The van der Waals surface area contributed by atoms with Gasteiger partial charge in [-0.2, -0.15) is 4.98 Å². The number of urea groups is 1. The minimum atomic E-state index is -0.356. The highest BCUT2D eigenvalue weighted by Crippen LogP contribution is 2.10. The predicted octanol–water partition coefficient (Wildman–Crippen LogP) is 1.30. The maximum atomic E-state index is 11.8. The summed E-state index contributed by atoms with van der Waals surface area (Å²) in [6, 6.07) is -0.165. The average Bonchev–Trinajstić information content (AvgIpc) is 2.82. The standard InChI is InChI=1S/C14H24N6O2/c1-10(2)20-11(3)16-13(18-20)17-14(22)15-7-9-19-8-5-4-6-12(19)21/h10H,4-9H2,1-3H3,(H2,15,17,18,22). The molecule has 1 aliphatic heterocycles. The van der Waals surface area contributed by atoms with Gasteiger partial charge in [0.05, 0.1) is 0 Å². The number of aryl methyl sites for hydroxylation is 1. The Labute approximate surface area is 130 Å². The minimum absolute atomic E-state index is 0.168. The third-order valence-corrected chi connectivity index (χ3v) is 3.60. The van der Waals surface area contributed by atoms with Crippen molar-refractivity contribution in [2.75, 3.05) is 25.0 Å². The van der Waals surface area contributed by atoms with Gasteiger partial charge in [-0.05, 0) is 33.6 Å². The second-order valence-corrected chi connectivity index (χ2v) is 5.74. The van der Waals surface area contributed by atoms with Crippen molar-refractivity contribution < 1.29 is 9.59 Å². The Morgan fingerprint density at radius 2 is 2.14 bits per heavy atom. The molecule has 0 radical (unpaired) electrons. The summed E-state index contributed by atoms with van der Waals surface area (Å²) in [5, 5.41) is 9.56. The van der Waals surface area contributed by atoms with Gasteiger partial charge in [0.1, 0.15) is 5.82 Å². The molecule has 1 aromatic rings. The van der Waals surface area contributed by atoms with Crippen molar-refractivity contribution in [3.8, 4) is 0 Å². The summed E-state index contributed by atoms with van der Waals surface area (Å²) in [6.45, 7) is 7.59. The summed E-state index contributed by atoms with van der Waals surface area (Å²) >= 11 is 0. The molecule has 1 fully saturated rings. The third kappa shape index (κ3) is 4.19. The summed E-state index contributed by atoms with van der Waals surface area (Å²) in [5.41, 5.74) is 0. The van der Waals surface area contributed by atoms with Crippen LogP contribution in [0.2, 0.25) is 0 Å². The maximum Gasteiger partial charge on any atom is 0.321 e.